The lowest BCUT2D eigenvalue weighted by Gasteiger charge is -2.25. The van der Waals surface area contributed by atoms with Gasteiger partial charge < -0.3 is 9.64 Å². The Balaban J connectivity index is 1.91. The smallest absolute Gasteiger partial charge is 0.243 e. The van der Waals surface area contributed by atoms with Crippen LogP contribution in [0.2, 0.25) is 5.02 Å². The Morgan fingerprint density at radius 1 is 1.00 bits per heavy atom. The average Bonchev–Trinajstić information content (AvgIpc) is 2.79. The van der Waals surface area contributed by atoms with Crippen molar-refractivity contribution in [1.82, 2.24) is 4.31 Å². The minimum absolute atomic E-state index is 0.0585. The molecule has 0 aliphatic heterocycles. The zero-order valence-corrected chi connectivity index (χ0v) is 19.7. The third-order valence-electron chi connectivity index (χ3n) is 5.06. The van der Waals surface area contributed by atoms with Crippen LogP contribution < -0.4 is 9.64 Å². The van der Waals surface area contributed by atoms with Crippen LogP contribution in [0.1, 0.15) is 11.1 Å². The van der Waals surface area contributed by atoms with E-state index in [2.05, 4.69) is 0 Å². The molecule has 0 spiro atoms. The number of anilines is 1. The van der Waals surface area contributed by atoms with Crippen LogP contribution in [0, 0.1) is 6.92 Å². The molecule has 168 valence electrons. The first-order chi connectivity index (χ1) is 15.2. The SMILES string of the molecule is COc1cccc(N(C)C(=O)CN(Cc2ccc(C)cc2)S(=O)(=O)c2ccc(Cl)cc2)c1. The fraction of sp³-hybridized carbons (Fsp3) is 0.208. The van der Waals surface area contributed by atoms with Gasteiger partial charge in [0.05, 0.1) is 18.6 Å². The van der Waals surface area contributed by atoms with Gasteiger partial charge in [-0.15, -0.1) is 0 Å². The maximum atomic E-state index is 13.4. The number of aryl methyl sites for hydroxylation is 1. The summed E-state index contributed by atoms with van der Waals surface area (Å²) >= 11 is 5.92. The summed E-state index contributed by atoms with van der Waals surface area (Å²) in [4.78, 5) is 14.6. The van der Waals surface area contributed by atoms with Crippen LogP contribution in [0.5, 0.6) is 5.75 Å². The van der Waals surface area contributed by atoms with E-state index in [9.17, 15) is 13.2 Å². The summed E-state index contributed by atoms with van der Waals surface area (Å²) in [6.07, 6.45) is 0. The summed E-state index contributed by atoms with van der Waals surface area (Å²) in [5, 5.41) is 0.433. The van der Waals surface area contributed by atoms with Gasteiger partial charge in [0.25, 0.3) is 0 Å². The first-order valence-electron chi connectivity index (χ1n) is 9.92. The minimum Gasteiger partial charge on any atom is -0.497 e. The van der Waals surface area contributed by atoms with Crippen LogP contribution in [-0.2, 0) is 21.4 Å². The number of hydrogen-bond donors (Lipinski definition) is 0. The number of likely N-dealkylation sites (N-methyl/N-ethyl adjacent to an activating group) is 1. The molecule has 0 saturated carbocycles. The van der Waals surface area contributed by atoms with Crippen molar-refractivity contribution >= 4 is 33.2 Å². The van der Waals surface area contributed by atoms with E-state index in [1.807, 2.05) is 31.2 Å². The van der Waals surface area contributed by atoms with E-state index in [1.54, 1.807) is 38.4 Å². The molecule has 8 heteroatoms. The van der Waals surface area contributed by atoms with E-state index in [0.29, 0.717) is 16.5 Å². The van der Waals surface area contributed by atoms with Gasteiger partial charge in [-0.2, -0.15) is 4.31 Å². The first-order valence-corrected chi connectivity index (χ1v) is 11.7. The third-order valence-corrected chi connectivity index (χ3v) is 7.12. The minimum atomic E-state index is -3.95. The zero-order chi connectivity index (χ0) is 23.3. The summed E-state index contributed by atoms with van der Waals surface area (Å²) in [7, 11) is -0.795. The summed E-state index contributed by atoms with van der Waals surface area (Å²) in [6, 6.07) is 20.5. The number of benzene rings is 3. The highest BCUT2D eigenvalue weighted by Crippen LogP contribution is 2.23. The van der Waals surface area contributed by atoms with Gasteiger partial charge in [-0.3, -0.25) is 4.79 Å². The van der Waals surface area contributed by atoms with Gasteiger partial charge in [0.2, 0.25) is 15.9 Å². The maximum Gasteiger partial charge on any atom is 0.243 e. The van der Waals surface area contributed by atoms with Crippen molar-refractivity contribution in [2.45, 2.75) is 18.4 Å². The highest BCUT2D eigenvalue weighted by atomic mass is 35.5. The molecule has 0 fully saturated rings. The molecule has 3 rings (SSSR count). The summed E-state index contributed by atoms with van der Waals surface area (Å²) < 4.78 is 33.2. The molecule has 0 aliphatic carbocycles. The van der Waals surface area contributed by atoms with Gasteiger partial charge in [-0.05, 0) is 48.9 Å². The van der Waals surface area contributed by atoms with Crippen molar-refractivity contribution < 1.29 is 17.9 Å². The molecule has 0 unspecified atom stereocenters. The number of carbonyl (C=O) groups is 1. The van der Waals surface area contributed by atoms with Crippen molar-refractivity contribution in [1.29, 1.82) is 0 Å². The predicted octanol–water partition coefficient (Wildman–Crippen LogP) is 4.51. The van der Waals surface area contributed by atoms with Gasteiger partial charge in [-0.25, -0.2) is 8.42 Å². The lowest BCUT2D eigenvalue weighted by molar-refractivity contribution is -0.118. The molecule has 0 atom stereocenters. The molecule has 0 aromatic heterocycles. The second kappa shape index (κ2) is 10.2. The first kappa shape index (κ1) is 23.8. The standard InChI is InChI=1S/C24H25ClN2O4S/c1-18-7-9-19(10-8-18)16-27(32(29,30)23-13-11-20(25)12-14-23)17-24(28)26(2)21-5-4-6-22(15-21)31-3/h4-15H,16-17H2,1-3H3. The van der Waals surface area contributed by atoms with E-state index in [-0.39, 0.29) is 23.9 Å². The Labute approximate surface area is 194 Å². The number of carbonyl (C=O) groups excluding carboxylic acids is 1. The predicted molar refractivity (Wildman–Crippen MR) is 127 cm³/mol. The number of sulfonamides is 1. The van der Waals surface area contributed by atoms with Crippen LogP contribution in [-0.4, -0.2) is 39.3 Å². The van der Waals surface area contributed by atoms with Crippen LogP contribution in [0.15, 0.2) is 77.7 Å². The van der Waals surface area contributed by atoms with E-state index >= 15 is 0 Å². The fourth-order valence-corrected chi connectivity index (χ4v) is 4.60. The zero-order valence-electron chi connectivity index (χ0n) is 18.2. The molecule has 0 heterocycles. The second-order valence-corrected chi connectivity index (χ2v) is 9.74. The fourth-order valence-electron chi connectivity index (χ4n) is 3.10. The molecular formula is C24H25ClN2O4S. The molecule has 0 saturated heterocycles. The lowest BCUT2D eigenvalue weighted by Crippen LogP contribution is -2.41. The molecule has 0 aliphatic rings. The number of halogens is 1. The van der Waals surface area contributed by atoms with Gasteiger partial charge in [-0.1, -0.05) is 47.5 Å². The van der Waals surface area contributed by atoms with Gasteiger partial charge in [0.15, 0.2) is 0 Å². The number of ether oxygens (including phenoxy) is 1. The average molecular weight is 473 g/mol. The van der Waals surface area contributed by atoms with E-state index in [0.717, 1.165) is 11.1 Å². The van der Waals surface area contributed by atoms with E-state index < -0.39 is 10.0 Å². The summed E-state index contributed by atoms with van der Waals surface area (Å²) in [5.41, 5.74) is 2.45. The van der Waals surface area contributed by atoms with E-state index in [4.69, 9.17) is 16.3 Å². The summed E-state index contributed by atoms with van der Waals surface area (Å²) in [6.45, 7) is 1.69. The topological polar surface area (TPSA) is 66.9 Å². The number of hydrogen-bond acceptors (Lipinski definition) is 4. The molecule has 3 aromatic carbocycles. The highest BCUT2D eigenvalue weighted by molar-refractivity contribution is 7.89. The maximum absolute atomic E-state index is 13.4. The number of methoxy groups -OCH3 is 1. The molecule has 3 aromatic rings. The van der Waals surface area contributed by atoms with Crippen molar-refractivity contribution in [3.05, 3.63) is 88.9 Å². The van der Waals surface area contributed by atoms with Crippen molar-refractivity contribution in [2.75, 3.05) is 25.6 Å². The van der Waals surface area contributed by atoms with Crippen molar-refractivity contribution in [3.63, 3.8) is 0 Å². The number of amides is 1. The molecule has 1 amide bonds. The quantitative estimate of drug-likeness (QED) is 0.483. The Kier molecular flexibility index (Phi) is 7.56. The second-order valence-electron chi connectivity index (χ2n) is 7.37. The van der Waals surface area contributed by atoms with Crippen LogP contribution in [0.4, 0.5) is 5.69 Å². The molecule has 0 N–H and O–H groups in total. The lowest BCUT2D eigenvalue weighted by atomic mass is 10.1. The monoisotopic (exact) mass is 472 g/mol. The van der Waals surface area contributed by atoms with Gasteiger partial charge in [0.1, 0.15) is 5.75 Å². The largest absolute Gasteiger partial charge is 0.497 e. The normalized spacial score (nSPS) is 11.4. The highest BCUT2D eigenvalue weighted by Gasteiger charge is 2.28. The molecule has 0 bridgehead atoms. The van der Waals surface area contributed by atoms with Crippen molar-refractivity contribution in [2.24, 2.45) is 0 Å². The van der Waals surface area contributed by atoms with Gasteiger partial charge >= 0.3 is 0 Å². The van der Waals surface area contributed by atoms with Crippen LogP contribution >= 0.6 is 11.6 Å². The van der Waals surface area contributed by atoms with E-state index in [1.165, 1.54) is 33.5 Å². The number of rotatable bonds is 8. The Morgan fingerprint density at radius 3 is 2.28 bits per heavy atom. The Hall–Kier alpha value is -2.87. The van der Waals surface area contributed by atoms with Gasteiger partial charge in [0, 0.05) is 30.4 Å². The molecular weight excluding hydrogens is 448 g/mol. The molecule has 6 nitrogen and oxygen atoms in total. The molecule has 0 radical (unpaired) electrons. The Morgan fingerprint density at radius 2 is 1.66 bits per heavy atom. The van der Waals surface area contributed by atoms with Crippen LogP contribution in [0.25, 0.3) is 0 Å². The Bertz CT molecular complexity index is 1180. The summed E-state index contributed by atoms with van der Waals surface area (Å²) in [5.74, 6) is 0.232. The number of nitrogens with zero attached hydrogens (tertiary/aromatic N) is 2. The third kappa shape index (κ3) is 5.68. The van der Waals surface area contributed by atoms with Crippen LogP contribution in [0.3, 0.4) is 0 Å². The molecule has 32 heavy (non-hydrogen) atoms. The van der Waals surface area contributed by atoms with Crippen molar-refractivity contribution in [3.8, 4) is 5.75 Å².